The lowest BCUT2D eigenvalue weighted by molar-refractivity contribution is 0.0766. The van der Waals surface area contributed by atoms with Crippen molar-refractivity contribution in [1.82, 2.24) is 24.8 Å². The van der Waals surface area contributed by atoms with E-state index in [2.05, 4.69) is 15.2 Å². The zero-order chi connectivity index (χ0) is 14.0. The monoisotopic (exact) mass is 263 g/mol. The number of carbonyl (C=O) groups is 1. The maximum atomic E-state index is 12.3. The number of amides is 1. The van der Waals surface area contributed by atoms with Crippen LogP contribution in [0.2, 0.25) is 0 Å². The van der Waals surface area contributed by atoms with Crippen LogP contribution in [0.4, 0.5) is 0 Å². The molecule has 0 bridgehead atoms. The van der Waals surface area contributed by atoms with Gasteiger partial charge in [-0.3, -0.25) is 9.48 Å². The van der Waals surface area contributed by atoms with E-state index in [9.17, 15) is 4.79 Å². The average Bonchev–Trinajstić information content (AvgIpc) is 2.97. The molecule has 2 aromatic heterocycles. The minimum atomic E-state index is -0.117. The van der Waals surface area contributed by atoms with Gasteiger partial charge in [-0.1, -0.05) is 5.16 Å². The fourth-order valence-electron chi connectivity index (χ4n) is 1.78. The first-order chi connectivity index (χ1) is 8.99. The van der Waals surface area contributed by atoms with Gasteiger partial charge in [0.25, 0.3) is 5.91 Å². The Morgan fingerprint density at radius 3 is 2.84 bits per heavy atom. The molecule has 2 heterocycles. The molecule has 7 heteroatoms. The zero-order valence-electron chi connectivity index (χ0n) is 11.5. The quantitative estimate of drug-likeness (QED) is 0.833. The predicted octanol–water partition coefficient (Wildman–Crippen LogP) is 1.43. The first kappa shape index (κ1) is 13.3. The molecule has 0 atom stereocenters. The van der Waals surface area contributed by atoms with Gasteiger partial charge in [0.15, 0.2) is 5.82 Å². The number of nitrogens with zero attached hydrogens (tertiary/aromatic N) is 5. The van der Waals surface area contributed by atoms with E-state index in [1.165, 1.54) is 0 Å². The second kappa shape index (κ2) is 5.21. The van der Waals surface area contributed by atoms with Crippen LogP contribution in [0.15, 0.2) is 16.8 Å². The topological polar surface area (TPSA) is 77.1 Å². The van der Waals surface area contributed by atoms with Gasteiger partial charge in [0, 0.05) is 26.2 Å². The molecule has 0 N–H and O–H groups in total. The molecule has 0 aliphatic carbocycles. The van der Waals surface area contributed by atoms with E-state index in [1.807, 2.05) is 13.8 Å². The van der Waals surface area contributed by atoms with Crippen LogP contribution in [-0.2, 0) is 6.54 Å². The van der Waals surface area contributed by atoms with Crippen molar-refractivity contribution in [2.45, 2.75) is 33.4 Å². The summed E-state index contributed by atoms with van der Waals surface area (Å²) in [6.07, 6.45) is 1.62. The summed E-state index contributed by atoms with van der Waals surface area (Å²) in [4.78, 5) is 17.9. The lowest BCUT2D eigenvalue weighted by Crippen LogP contribution is -2.29. The summed E-state index contributed by atoms with van der Waals surface area (Å²) in [5, 5.41) is 7.92. The van der Waals surface area contributed by atoms with Gasteiger partial charge in [-0.15, -0.1) is 0 Å². The molecule has 0 aromatic carbocycles. The number of rotatable bonds is 4. The van der Waals surface area contributed by atoms with E-state index in [-0.39, 0.29) is 11.9 Å². The number of aryl methyl sites for hydroxylation is 1. The van der Waals surface area contributed by atoms with Crippen molar-refractivity contribution in [3.63, 3.8) is 0 Å². The van der Waals surface area contributed by atoms with E-state index < -0.39 is 0 Å². The van der Waals surface area contributed by atoms with Gasteiger partial charge in [0.05, 0.1) is 6.54 Å². The average molecular weight is 263 g/mol. The van der Waals surface area contributed by atoms with E-state index in [1.54, 1.807) is 35.8 Å². The van der Waals surface area contributed by atoms with Crippen molar-refractivity contribution in [1.29, 1.82) is 0 Å². The standard InChI is InChI=1S/C12H17N5O2/c1-8(2)17-10(5-6-13-17)12(18)16(4)7-11-14-9(3)19-15-11/h5-6,8H,7H2,1-4H3. The largest absolute Gasteiger partial charge is 0.340 e. The second-order valence-electron chi connectivity index (χ2n) is 4.65. The summed E-state index contributed by atoms with van der Waals surface area (Å²) in [5.74, 6) is 0.862. The normalized spacial score (nSPS) is 11.0. The van der Waals surface area contributed by atoms with Crippen LogP contribution in [-0.4, -0.2) is 37.8 Å². The molecule has 0 saturated carbocycles. The van der Waals surface area contributed by atoms with Crippen LogP contribution in [0, 0.1) is 6.92 Å². The van der Waals surface area contributed by atoms with Crippen molar-refractivity contribution in [3.05, 3.63) is 29.7 Å². The summed E-state index contributed by atoms with van der Waals surface area (Å²) in [6.45, 7) is 5.98. The van der Waals surface area contributed by atoms with Crippen LogP contribution in [0.5, 0.6) is 0 Å². The molecule has 19 heavy (non-hydrogen) atoms. The highest BCUT2D eigenvalue weighted by atomic mass is 16.5. The molecule has 2 rings (SSSR count). The molecule has 102 valence electrons. The lowest BCUT2D eigenvalue weighted by atomic mass is 10.3. The molecule has 7 nitrogen and oxygen atoms in total. The van der Waals surface area contributed by atoms with Gasteiger partial charge in [0.1, 0.15) is 5.69 Å². The molecule has 0 unspecified atom stereocenters. The Balaban J connectivity index is 2.12. The Morgan fingerprint density at radius 2 is 2.26 bits per heavy atom. The Hall–Kier alpha value is -2.18. The van der Waals surface area contributed by atoms with E-state index >= 15 is 0 Å². The van der Waals surface area contributed by atoms with Crippen molar-refractivity contribution >= 4 is 5.91 Å². The smallest absolute Gasteiger partial charge is 0.272 e. The highest BCUT2D eigenvalue weighted by Gasteiger charge is 2.19. The van der Waals surface area contributed by atoms with Crippen molar-refractivity contribution < 1.29 is 9.32 Å². The van der Waals surface area contributed by atoms with Gasteiger partial charge in [0.2, 0.25) is 5.89 Å². The van der Waals surface area contributed by atoms with Gasteiger partial charge < -0.3 is 9.42 Å². The lowest BCUT2D eigenvalue weighted by Gasteiger charge is -2.17. The molecule has 1 amide bonds. The van der Waals surface area contributed by atoms with Crippen LogP contribution >= 0.6 is 0 Å². The Morgan fingerprint density at radius 1 is 1.53 bits per heavy atom. The molecule has 0 aliphatic heterocycles. The molecular formula is C12H17N5O2. The number of hydrogen-bond donors (Lipinski definition) is 0. The maximum absolute atomic E-state index is 12.3. The predicted molar refractivity (Wildman–Crippen MR) is 67.4 cm³/mol. The van der Waals surface area contributed by atoms with Crippen LogP contribution in [0.25, 0.3) is 0 Å². The second-order valence-corrected chi connectivity index (χ2v) is 4.65. The molecule has 0 radical (unpaired) electrons. The van der Waals surface area contributed by atoms with Gasteiger partial charge in [-0.25, -0.2) is 0 Å². The van der Waals surface area contributed by atoms with Crippen LogP contribution < -0.4 is 0 Å². The summed E-state index contributed by atoms with van der Waals surface area (Å²) < 4.78 is 6.58. The molecule has 0 spiro atoms. The van der Waals surface area contributed by atoms with Crippen LogP contribution in [0.1, 0.15) is 42.1 Å². The third kappa shape index (κ3) is 2.81. The zero-order valence-corrected chi connectivity index (χ0v) is 11.5. The Bertz CT molecular complexity index is 572. The molecule has 0 saturated heterocycles. The highest BCUT2D eigenvalue weighted by Crippen LogP contribution is 2.11. The molecule has 2 aromatic rings. The first-order valence-corrected chi connectivity index (χ1v) is 6.07. The maximum Gasteiger partial charge on any atom is 0.272 e. The first-order valence-electron chi connectivity index (χ1n) is 6.07. The van der Waals surface area contributed by atoms with Gasteiger partial charge in [-0.2, -0.15) is 10.1 Å². The highest BCUT2D eigenvalue weighted by molar-refractivity contribution is 5.92. The summed E-state index contributed by atoms with van der Waals surface area (Å²) in [6, 6.07) is 1.84. The van der Waals surface area contributed by atoms with E-state index in [0.29, 0.717) is 24.0 Å². The van der Waals surface area contributed by atoms with Gasteiger partial charge >= 0.3 is 0 Å². The minimum absolute atomic E-state index is 0.117. The summed E-state index contributed by atoms with van der Waals surface area (Å²) in [5.41, 5.74) is 0.553. The van der Waals surface area contributed by atoms with Gasteiger partial charge in [-0.05, 0) is 19.9 Å². The molecule has 0 aliphatic rings. The molecule has 0 fully saturated rings. The number of aromatic nitrogens is 4. The minimum Gasteiger partial charge on any atom is -0.340 e. The Kier molecular flexibility index (Phi) is 3.64. The third-order valence-corrected chi connectivity index (χ3v) is 2.67. The Labute approximate surface area is 111 Å². The van der Waals surface area contributed by atoms with Crippen molar-refractivity contribution in [3.8, 4) is 0 Å². The van der Waals surface area contributed by atoms with E-state index in [0.717, 1.165) is 0 Å². The summed E-state index contributed by atoms with van der Waals surface area (Å²) >= 11 is 0. The fourth-order valence-corrected chi connectivity index (χ4v) is 1.78. The fraction of sp³-hybridized carbons (Fsp3) is 0.500. The summed E-state index contributed by atoms with van der Waals surface area (Å²) in [7, 11) is 1.70. The molecular weight excluding hydrogens is 246 g/mol. The SMILES string of the molecule is Cc1nc(CN(C)C(=O)c2ccnn2C(C)C)no1. The van der Waals surface area contributed by atoms with Crippen molar-refractivity contribution in [2.24, 2.45) is 0 Å². The van der Waals surface area contributed by atoms with Crippen LogP contribution in [0.3, 0.4) is 0 Å². The van der Waals surface area contributed by atoms with Crippen molar-refractivity contribution in [2.75, 3.05) is 7.05 Å². The number of hydrogen-bond acceptors (Lipinski definition) is 5. The third-order valence-electron chi connectivity index (χ3n) is 2.67. The van der Waals surface area contributed by atoms with E-state index in [4.69, 9.17) is 4.52 Å². The number of carbonyl (C=O) groups excluding carboxylic acids is 1.